The van der Waals surface area contributed by atoms with Crippen molar-refractivity contribution >= 4 is 11.7 Å². The van der Waals surface area contributed by atoms with E-state index in [1.165, 1.54) is 10.9 Å². The van der Waals surface area contributed by atoms with Crippen LogP contribution in [-0.2, 0) is 18.3 Å². The summed E-state index contributed by atoms with van der Waals surface area (Å²) in [5.74, 6) is 0.267. The highest BCUT2D eigenvalue weighted by Crippen LogP contribution is 2.13. The number of nitrogens with zero attached hydrogens (tertiary/aromatic N) is 3. The molecule has 0 unspecified atom stereocenters. The van der Waals surface area contributed by atoms with Crippen molar-refractivity contribution in [1.29, 1.82) is 5.26 Å². The molecule has 1 heterocycles. The molecular formula is C14H14N4O. The lowest BCUT2D eigenvalue weighted by Crippen LogP contribution is -2.17. The van der Waals surface area contributed by atoms with Gasteiger partial charge in [-0.3, -0.25) is 9.48 Å². The van der Waals surface area contributed by atoms with Crippen molar-refractivity contribution < 1.29 is 4.79 Å². The van der Waals surface area contributed by atoms with Gasteiger partial charge in [-0.15, -0.1) is 0 Å². The first-order valence-corrected chi connectivity index (χ1v) is 5.87. The molecule has 0 spiro atoms. The van der Waals surface area contributed by atoms with E-state index in [4.69, 9.17) is 5.26 Å². The molecule has 0 atom stereocenters. The van der Waals surface area contributed by atoms with E-state index in [1.54, 1.807) is 7.05 Å². The number of carbonyl (C=O) groups is 1. The van der Waals surface area contributed by atoms with Gasteiger partial charge in [-0.25, -0.2) is 0 Å². The number of nitriles is 1. The van der Waals surface area contributed by atoms with Crippen LogP contribution in [0.2, 0.25) is 0 Å². The van der Waals surface area contributed by atoms with Crippen LogP contribution in [0.1, 0.15) is 16.7 Å². The van der Waals surface area contributed by atoms with E-state index in [9.17, 15) is 4.79 Å². The fourth-order valence-corrected chi connectivity index (χ4v) is 1.74. The molecule has 0 radical (unpaired) electrons. The number of hydrogen-bond donors (Lipinski definition) is 1. The Bertz CT molecular complexity index is 634. The number of anilines is 1. The van der Waals surface area contributed by atoms with Gasteiger partial charge in [-0.05, 0) is 12.5 Å². The predicted molar refractivity (Wildman–Crippen MR) is 71.4 cm³/mol. The average Bonchev–Trinajstić information content (AvgIpc) is 2.73. The van der Waals surface area contributed by atoms with Gasteiger partial charge in [0.15, 0.2) is 0 Å². The molecule has 1 aromatic carbocycles. The van der Waals surface area contributed by atoms with Crippen molar-refractivity contribution in [1.82, 2.24) is 9.78 Å². The molecule has 19 heavy (non-hydrogen) atoms. The molecule has 0 saturated heterocycles. The second kappa shape index (κ2) is 5.36. The Morgan fingerprint density at radius 3 is 2.74 bits per heavy atom. The molecule has 5 nitrogen and oxygen atoms in total. The van der Waals surface area contributed by atoms with E-state index in [1.807, 2.05) is 37.3 Å². The molecule has 2 rings (SSSR count). The molecule has 0 bridgehead atoms. The summed E-state index contributed by atoms with van der Waals surface area (Å²) in [6, 6.07) is 9.77. The summed E-state index contributed by atoms with van der Waals surface area (Å²) in [7, 11) is 1.68. The summed E-state index contributed by atoms with van der Waals surface area (Å²) in [5, 5.41) is 15.6. The molecule has 0 aliphatic heterocycles. The highest BCUT2D eigenvalue weighted by atomic mass is 16.1. The van der Waals surface area contributed by atoms with Gasteiger partial charge in [-0.1, -0.05) is 29.8 Å². The van der Waals surface area contributed by atoms with Crippen molar-refractivity contribution in [2.45, 2.75) is 13.3 Å². The Morgan fingerprint density at radius 1 is 1.42 bits per heavy atom. The zero-order valence-corrected chi connectivity index (χ0v) is 10.8. The van der Waals surface area contributed by atoms with E-state index >= 15 is 0 Å². The van der Waals surface area contributed by atoms with Gasteiger partial charge in [0.25, 0.3) is 0 Å². The number of hydrogen-bond acceptors (Lipinski definition) is 3. The predicted octanol–water partition coefficient (Wildman–Crippen LogP) is 1.78. The number of rotatable bonds is 3. The minimum atomic E-state index is -0.163. The Labute approximate surface area is 111 Å². The molecule has 0 aliphatic carbocycles. The van der Waals surface area contributed by atoms with Crippen LogP contribution in [0.5, 0.6) is 0 Å². The van der Waals surface area contributed by atoms with Crippen LogP contribution in [0.25, 0.3) is 0 Å². The van der Waals surface area contributed by atoms with Crippen LogP contribution in [0.3, 0.4) is 0 Å². The fraction of sp³-hybridized carbons (Fsp3) is 0.214. The molecule has 0 aliphatic rings. The first-order chi connectivity index (χ1) is 9.10. The second-order valence-corrected chi connectivity index (χ2v) is 4.35. The summed E-state index contributed by atoms with van der Waals surface area (Å²) in [6.45, 7) is 2.00. The minimum Gasteiger partial charge on any atom is -0.310 e. The summed E-state index contributed by atoms with van der Waals surface area (Å²) in [6.07, 6.45) is 1.71. The van der Waals surface area contributed by atoms with Crippen molar-refractivity contribution in [2.24, 2.45) is 7.05 Å². The van der Waals surface area contributed by atoms with Gasteiger partial charge in [0.05, 0.1) is 12.6 Å². The van der Waals surface area contributed by atoms with Gasteiger partial charge in [0, 0.05) is 7.05 Å². The number of aryl methyl sites for hydroxylation is 2. The second-order valence-electron chi connectivity index (χ2n) is 4.35. The third-order valence-corrected chi connectivity index (χ3v) is 2.80. The summed E-state index contributed by atoms with van der Waals surface area (Å²) in [5.41, 5.74) is 2.45. The standard InChI is InChI=1S/C14H14N4O/c1-10-3-5-11(6-4-10)7-13(19)17-14-12(8-15)9-16-18(14)2/h3-6,9H,7H2,1-2H3,(H,17,19). The summed E-state index contributed by atoms with van der Waals surface area (Å²) in [4.78, 5) is 11.9. The first-order valence-electron chi connectivity index (χ1n) is 5.87. The molecular weight excluding hydrogens is 240 g/mol. The van der Waals surface area contributed by atoms with Crippen LogP contribution in [0, 0.1) is 18.3 Å². The van der Waals surface area contributed by atoms with Crippen LogP contribution < -0.4 is 5.32 Å². The monoisotopic (exact) mass is 254 g/mol. The SMILES string of the molecule is Cc1ccc(CC(=O)Nc2c(C#N)cnn2C)cc1. The third kappa shape index (κ3) is 2.99. The van der Waals surface area contributed by atoms with Gasteiger partial charge in [0.1, 0.15) is 17.5 Å². The van der Waals surface area contributed by atoms with Gasteiger partial charge < -0.3 is 5.32 Å². The molecule has 96 valence electrons. The number of benzene rings is 1. The molecule has 1 N–H and O–H groups in total. The number of amides is 1. The zero-order valence-electron chi connectivity index (χ0n) is 10.8. The molecule has 0 saturated carbocycles. The maximum atomic E-state index is 11.9. The maximum Gasteiger partial charge on any atom is 0.229 e. The molecule has 2 aromatic rings. The Hall–Kier alpha value is -2.61. The summed E-state index contributed by atoms with van der Waals surface area (Å²) >= 11 is 0. The van der Waals surface area contributed by atoms with Gasteiger partial charge >= 0.3 is 0 Å². The highest BCUT2D eigenvalue weighted by Gasteiger charge is 2.11. The van der Waals surface area contributed by atoms with E-state index in [2.05, 4.69) is 10.4 Å². The van der Waals surface area contributed by atoms with E-state index in [-0.39, 0.29) is 12.3 Å². The number of carbonyl (C=O) groups excluding carboxylic acids is 1. The van der Waals surface area contributed by atoms with E-state index in [0.717, 1.165) is 11.1 Å². The third-order valence-electron chi connectivity index (χ3n) is 2.80. The smallest absolute Gasteiger partial charge is 0.229 e. The van der Waals surface area contributed by atoms with Gasteiger partial charge in [-0.2, -0.15) is 10.4 Å². The zero-order chi connectivity index (χ0) is 13.8. The molecule has 1 aromatic heterocycles. The fourth-order valence-electron chi connectivity index (χ4n) is 1.74. The maximum absolute atomic E-state index is 11.9. The molecule has 1 amide bonds. The molecule has 0 fully saturated rings. The van der Waals surface area contributed by atoms with Crippen molar-refractivity contribution in [3.05, 3.63) is 47.2 Å². The topological polar surface area (TPSA) is 70.7 Å². The highest BCUT2D eigenvalue weighted by molar-refractivity contribution is 5.92. The Morgan fingerprint density at radius 2 is 2.11 bits per heavy atom. The molecule has 5 heteroatoms. The average molecular weight is 254 g/mol. The lowest BCUT2D eigenvalue weighted by Gasteiger charge is -2.06. The number of aromatic nitrogens is 2. The Kier molecular flexibility index (Phi) is 3.62. The van der Waals surface area contributed by atoms with E-state index < -0.39 is 0 Å². The van der Waals surface area contributed by atoms with Crippen LogP contribution in [0.15, 0.2) is 30.5 Å². The van der Waals surface area contributed by atoms with Crippen LogP contribution >= 0.6 is 0 Å². The minimum absolute atomic E-state index is 0.163. The number of nitrogens with one attached hydrogen (secondary N) is 1. The van der Waals surface area contributed by atoms with E-state index in [0.29, 0.717) is 11.4 Å². The van der Waals surface area contributed by atoms with Crippen molar-refractivity contribution in [3.8, 4) is 6.07 Å². The van der Waals surface area contributed by atoms with Crippen molar-refractivity contribution in [2.75, 3.05) is 5.32 Å². The largest absolute Gasteiger partial charge is 0.310 e. The lowest BCUT2D eigenvalue weighted by molar-refractivity contribution is -0.115. The van der Waals surface area contributed by atoms with Crippen LogP contribution in [0.4, 0.5) is 5.82 Å². The van der Waals surface area contributed by atoms with Gasteiger partial charge in [0.2, 0.25) is 5.91 Å². The lowest BCUT2D eigenvalue weighted by atomic mass is 10.1. The quantitative estimate of drug-likeness (QED) is 0.907. The first kappa shape index (κ1) is 12.8. The van der Waals surface area contributed by atoms with Crippen molar-refractivity contribution in [3.63, 3.8) is 0 Å². The Balaban J connectivity index is 2.07. The van der Waals surface area contributed by atoms with Crippen LogP contribution in [-0.4, -0.2) is 15.7 Å². The normalized spacial score (nSPS) is 9.95. The summed E-state index contributed by atoms with van der Waals surface area (Å²) < 4.78 is 1.48.